The highest BCUT2D eigenvalue weighted by atomic mass is 32.2. The standard InChI is InChI=1S/C19H21F2N3O3S/c1-13-3-4-14(19(25)22-17-6-5-15(20)12-16(17)21)11-18(13)28(26,27)24-9-7-23(2)8-10-24/h3-6,11-12H,7-10H2,1-2H3,(H,22,25). The molecule has 1 heterocycles. The number of nitrogens with zero attached hydrogens (tertiary/aromatic N) is 2. The van der Waals surface area contributed by atoms with Gasteiger partial charge in [-0.05, 0) is 43.8 Å². The Morgan fingerprint density at radius 1 is 1.04 bits per heavy atom. The summed E-state index contributed by atoms with van der Waals surface area (Å²) in [5.74, 6) is -2.35. The molecule has 6 nitrogen and oxygen atoms in total. The lowest BCUT2D eigenvalue weighted by atomic mass is 10.1. The maximum absolute atomic E-state index is 13.8. The van der Waals surface area contributed by atoms with Crippen LogP contribution in [0.25, 0.3) is 0 Å². The van der Waals surface area contributed by atoms with Crippen molar-refractivity contribution in [2.75, 3.05) is 38.5 Å². The molecular formula is C19H21F2N3O3S. The first-order valence-corrected chi connectivity index (χ1v) is 10.2. The maximum Gasteiger partial charge on any atom is 0.255 e. The molecule has 28 heavy (non-hydrogen) atoms. The van der Waals surface area contributed by atoms with Crippen LogP contribution in [0.1, 0.15) is 15.9 Å². The van der Waals surface area contributed by atoms with E-state index in [1.165, 1.54) is 16.4 Å². The number of sulfonamides is 1. The van der Waals surface area contributed by atoms with Gasteiger partial charge in [-0.1, -0.05) is 6.07 Å². The van der Waals surface area contributed by atoms with Gasteiger partial charge in [0.05, 0.1) is 10.6 Å². The average Bonchev–Trinajstić information content (AvgIpc) is 2.64. The highest BCUT2D eigenvalue weighted by molar-refractivity contribution is 7.89. The van der Waals surface area contributed by atoms with E-state index >= 15 is 0 Å². The van der Waals surface area contributed by atoms with E-state index in [4.69, 9.17) is 0 Å². The van der Waals surface area contributed by atoms with Gasteiger partial charge in [0.1, 0.15) is 11.6 Å². The molecule has 0 saturated carbocycles. The molecule has 1 fully saturated rings. The number of hydrogen-bond donors (Lipinski definition) is 1. The molecule has 0 bridgehead atoms. The third kappa shape index (κ3) is 4.21. The number of likely N-dealkylation sites (N-methyl/N-ethyl adjacent to an activating group) is 1. The van der Waals surface area contributed by atoms with Crippen LogP contribution >= 0.6 is 0 Å². The van der Waals surface area contributed by atoms with Gasteiger partial charge in [0, 0.05) is 37.8 Å². The largest absolute Gasteiger partial charge is 0.319 e. The summed E-state index contributed by atoms with van der Waals surface area (Å²) >= 11 is 0. The SMILES string of the molecule is Cc1ccc(C(=O)Nc2ccc(F)cc2F)cc1S(=O)(=O)N1CCN(C)CC1. The summed E-state index contributed by atoms with van der Waals surface area (Å²) < 4.78 is 54.2. The van der Waals surface area contributed by atoms with Crippen LogP contribution in [0.5, 0.6) is 0 Å². The quantitative estimate of drug-likeness (QED) is 0.842. The van der Waals surface area contributed by atoms with Gasteiger partial charge in [-0.25, -0.2) is 17.2 Å². The van der Waals surface area contributed by atoms with Gasteiger partial charge in [0.15, 0.2) is 0 Å². The smallest absolute Gasteiger partial charge is 0.255 e. The Morgan fingerprint density at radius 2 is 1.71 bits per heavy atom. The molecule has 0 radical (unpaired) electrons. The van der Waals surface area contributed by atoms with E-state index in [9.17, 15) is 22.0 Å². The molecule has 1 saturated heterocycles. The molecule has 1 amide bonds. The number of amides is 1. The fraction of sp³-hybridized carbons (Fsp3) is 0.316. The van der Waals surface area contributed by atoms with E-state index in [-0.39, 0.29) is 16.1 Å². The molecule has 0 unspecified atom stereocenters. The van der Waals surface area contributed by atoms with Crippen molar-refractivity contribution in [1.29, 1.82) is 0 Å². The molecule has 0 spiro atoms. The molecule has 2 aromatic carbocycles. The Balaban J connectivity index is 1.87. The second-order valence-corrected chi connectivity index (χ2v) is 8.67. The van der Waals surface area contributed by atoms with Gasteiger partial charge in [0.2, 0.25) is 10.0 Å². The number of piperazine rings is 1. The van der Waals surface area contributed by atoms with Crippen LogP contribution in [0.2, 0.25) is 0 Å². The van der Waals surface area contributed by atoms with Crippen molar-refractivity contribution in [3.05, 3.63) is 59.2 Å². The molecule has 1 N–H and O–H groups in total. The highest BCUT2D eigenvalue weighted by Crippen LogP contribution is 2.23. The zero-order chi connectivity index (χ0) is 20.5. The molecular weight excluding hydrogens is 388 g/mol. The van der Waals surface area contributed by atoms with Crippen molar-refractivity contribution in [1.82, 2.24) is 9.21 Å². The number of carbonyl (C=O) groups is 1. The van der Waals surface area contributed by atoms with Gasteiger partial charge in [-0.3, -0.25) is 4.79 Å². The van der Waals surface area contributed by atoms with Gasteiger partial charge < -0.3 is 10.2 Å². The van der Waals surface area contributed by atoms with Gasteiger partial charge >= 0.3 is 0 Å². The number of hydrogen-bond acceptors (Lipinski definition) is 4. The number of anilines is 1. The number of aryl methyl sites for hydroxylation is 1. The van der Waals surface area contributed by atoms with Crippen molar-refractivity contribution < 1.29 is 22.0 Å². The second-order valence-electron chi connectivity index (χ2n) is 6.77. The Kier molecular flexibility index (Phi) is 5.78. The molecule has 1 aliphatic rings. The number of halogens is 2. The van der Waals surface area contributed by atoms with Crippen LogP contribution in [0.15, 0.2) is 41.3 Å². The molecule has 2 aromatic rings. The zero-order valence-corrected chi connectivity index (χ0v) is 16.4. The molecule has 9 heteroatoms. The Labute approximate surface area is 162 Å². The first-order chi connectivity index (χ1) is 13.2. The van der Waals surface area contributed by atoms with Gasteiger partial charge in [-0.2, -0.15) is 4.31 Å². The van der Waals surface area contributed by atoms with Crippen molar-refractivity contribution in [2.45, 2.75) is 11.8 Å². The predicted octanol–water partition coefficient (Wildman–Crippen LogP) is 2.46. The van der Waals surface area contributed by atoms with Crippen molar-refractivity contribution in [3.63, 3.8) is 0 Å². The molecule has 3 rings (SSSR count). The normalized spacial score (nSPS) is 16.1. The van der Waals surface area contributed by atoms with Crippen LogP contribution in [0.3, 0.4) is 0 Å². The number of nitrogens with one attached hydrogen (secondary N) is 1. The lowest BCUT2D eigenvalue weighted by Gasteiger charge is -2.32. The first-order valence-electron chi connectivity index (χ1n) is 8.74. The van der Waals surface area contributed by atoms with Crippen LogP contribution < -0.4 is 5.32 Å². The summed E-state index contributed by atoms with van der Waals surface area (Å²) in [4.78, 5) is 14.6. The van der Waals surface area contributed by atoms with Crippen LogP contribution in [-0.2, 0) is 10.0 Å². The fourth-order valence-electron chi connectivity index (χ4n) is 2.97. The Morgan fingerprint density at radius 3 is 2.36 bits per heavy atom. The molecule has 0 atom stereocenters. The summed E-state index contributed by atoms with van der Waals surface area (Å²) in [6.07, 6.45) is 0. The lowest BCUT2D eigenvalue weighted by Crippen LogP contribution is -2.47. The monoisotopic (exact) mass is 409 g/mol. The third-order valence-corrected chi connectivity index (χ3v) is 6.75. The molecule has 0 aromatic heterocycles. The summed E-state index contributed by atoms with van der Waals surface area (Å²) in [7, 11) is -1.83. The van der Waals surface area contributed by atoms with E-state index in [1.54, 1.807) is 13.0 Å². The number of benzene rings is 2. The summed E-state index contributed by atoms with van der Waals surface area (Å²) in [5.41, 5.74) is 0.404. The molecule has 0 aliphatic carbocycles. The summed E-state index contributed by atoms with van der Waals surface area (Å²) in [5, 5.41) is 2.34. The lowest BCUT2D eigenvalue weighted by molar-refractivity contribution is 0.102. The van der Waals surface area contributed by atoms with E-state index < -0.39 is 27.6 Å². The van der Waals surface area contributed by atoms with Gasteiger partial charge in [-0.15, -0.1) is 0 Å². The topological polar surface area (TPSA) is 69.7 Å². The predicted molar refractivity (Wildman–Crippen MR) is 102 cm³/mol. The second kappa shape index (κ2) is 7.94. The van der Waals surface area contributed by atoms with E-state index in [0.717, 1.165) is 12.1 Å². The van der Waals surface area contributed by atoms with Crippen molar-refractivity contribution in [2.24, 2.45) is 0 Å². The van der Waals surface area contributed by atoms with Crippen LogP contribution in [0.4, 0.5) is 14.5 Å². The van der Waals surface area contributed by atoms with E-state index in [2.05, 4.69) is 5.32 Å². The maximum atomic E-state index is 13.8. The van der Waals surface area contributed by atoms with Crippen molar-refractivity contribution >= 4 is 21.6 Å². The summed E-state index contributed by atoms with van der Waals surface area (Å²) in [6.45, 7) is 3.65. The first kappa shape index (κ1) is 20.4. The minimum atomic E-state index is -3.76. The Bertz CT molecular complexity index is 1000. The minimum Gasteiger partial charge on any atom is -0.319 e. The van der Waals surface area contributed by atoms with Gasteiger partial charge in [0.25, 0.3) is 5.91 Å². The minimum absolute atomic E-state index is 0.0456. The van der Waals surface area contributed by atoms with Crippen molar-refractivity contribution in [3.8, 4) is 0 Å². The fourth-order valence-corrected chi connectivity index (χ4v) is 4.65. The number of carbonyl (C=O) groups excluding carboxylic acids is 1. The van der Waals surface area contributed by atoms with Crippen LogP contribution in [0, 0.1) is 18.6 Å². The Hall–Kier alpha value is -2.36. The average molecular weight is 409 g/mol. The third-order valence-electron chi connectivity index (χ3n) is 4.71. The highest BCUT2D eigenvalue weighted by Gasteiger charge is 2.29. The molecule has 150 valence electrons. The van der Waals surface area contributed by atoms with E-state index in [1.807, 2.05) is 11.9 Å². The van der Waals surface area contributed by atoms with Crippen LogP contribution in [-0.4, -0.2) is 56.8 Å². The summed E-state index contributed by atoms with van der Waals surface area (Å²) in [6, 6.07) is 7.09. The molecule has 1 aliphatic heterocycles. The van der Waals surface area contributed by atoms with E-state index in [0.29, 0.717) is 37.8 Å². The zero-order valence-electron chi connectivity index (χ0n) is 15.6. The number of rotatable bonds is 4.